The van der Waals surface area contributed by atoms with Gasteiger partial charge >= 0.3 is 5.97 Å². The molecule has 5 heteroatoms. The number of aromatic nitrogens is 2. The summed E-state index contributed by atoms with van der Waals surface area (Å²) < 4.78 is 5.43. The Hall–Kier alpha value is -2.17. The second-order valence-corrected chi connectivity index (χ2v) is 3.77. The molecule has 2 aromatic heterocycles. The maximum Gasteiger partial charge on any atom is 0.313 e. The number of rotatable bonds is 3. The van der Waals surface area contributed by atoms with E-state index in [1.807, 2.05) is 13.0 Å². The minimum atomic E-state index is -0.947. The first-order chi connectivity index (χ1) is 8.08. The molecule has 1 N–H and O–H groups in total. The Morgan fingerprint density at radius 1 is 1.41 bits per heavy atom. The maximum atomic E-state index is 10.8. The molecule has 0 fully saturated rings. The second-order valence-electron chi connectivity index (χ2n) is 3.77. The summed E-state index contributed by atoms with van der Waals surface area (Å²) in [6.45, 7) is 3.39. The summed E-state index contributed by atoms with van der Waals surface area (Å²) in [6.07, 6.45) is 1.54. The molecule has 0 saturated carbocycles. The van der Waals surface area contributed by atoms with Crippen LogP contribution in [0.4, 0.5) is 0 Å². The number of carboxylic acid groups (broad SMARTS) is 1. The molecule has 1 unspecified atom stereocenters. The fourth-order valence-corrected chi connectivity index (χ4v) is 1.40. The van der Waals surface area contributed by atoms with Crippen molar-refractivity contribution in [2.24, 2.45) is 0 Å². The predicted octanol–water partition coefficient (Wildman–Crippen LogP) is 2.23. The highest BCUT2D eigenvalue weighted by Crippen LogP contribution is 2.21. The molecular formula is C12H12N2O3. The third kappa shape index (κ3) is 2.33. The highest BCUT2D eigenvalue weighted by Gasteiger charge is 2.17. The third-order valence-corrected chi connectivity index (χ3v) is 2.42. The molecule has 2 heterocycles. The van der Waals surface area contributed by atoms with Gasteiger partial charge in [-0.05, 0) is 32.0 Å². The average Bonchev–Trinajstić information content (AvgIpc) is 2.75. The fourth-order valence-electron chi connectivity index (χ4n) is 1.40. The SMILES string of the molecule is Cc1ccc(-c2ccnc(C(C)C(=O)O)n2)o1. The van der Waals surface area contributed by atoms with E-state index in [0.29, 0.717) is 11.5 Å². The van der Waals surface area contributed by atoms with E-state index < -0.39 is 11.9 Å². The largest absolute Gasteiger partial charge is 0.481 e. The lowest BCUT2D eigenvalue weighted by Crippen LogP contribution is -2.11. The number of nitrogens with zero attached hydrogens (tertiary/aromatic N) is 2. The van der Waals surface area contributed by atoms with Gasteiger partial charge in [0, 0.05) is 6.20 Å². The smallest absolute Gasteiger partial charge is 0.313 e. The van der Waals surface area contributed by atoms with Crippen LogP contribution >= 0.6 is 0 Å². The standard InChI is InChI=1S/C12H12N2O3/c1-7-3-4-10(17-7)9-5-6-13-11(14-9)8(2)12(15)16/h3-6,8H,1-2H3,(H,15,16). The van der Waals surface area contributed by atoms with Crippen LogP contribution in [0.25, 0.3) is 11.5 Å². The molecule has 2 aromatic rings. The first-order valence-electron chi connectivity index (χ1n) is 5.20. The molecule has 5 nitrogen and oxygen atoms in total. The van der Waals surface area contributed by atoms with Crippen molar-refractivity contribution in [2.45, 2.75) is 19.8 Å². The van der Waals surface area contributed by atoms with E-state index in [4.69, 9.17) is 9.52 Å². The van der Waals surface area contributed by atoms with Crippen LogP contribution in [0.1, 0.15) is 24.4 Å². The molecule has 0 spiro atoms. The van der Waals surface area contributed by atoms with Crippen LogP contribution in [-0.2, 0) is 4.79 Å². The normalized spacial score (nSPS) is 12.4. The van der Waals surface area contributed by atoms with Gasteiger partial charge in [0.1, 0.15) is 23.2 Å². The summed E-state index contributed by atoms with van der Waals surface area (Å²) >= 11 is 0. The predicted molar refractivity (Wildman–Crippen MR) is 60.5 cm³/mol. The van der Waals surface area contributed by atoms with E-state index >= 15 is 0 Å². The van der Waals surface area contributed by atoms with Crippen LogP contribution in [0, 0.1) is 6.92 Å². The summed E-state index contributed by atoms with van der Waals surface area (Å²) in [7, 11) is 0. The first kappa shape index (κ1) is 11.3. The van der Waals surface area contributed by atoms with Crippen molar-refractivity contribution >= 4 is 5.97 Å². The van der Waals surface area contributed by atoms with Crippen LogP contribution in [0.15, 0.2) is 28.8 Å². The molecule has 88 valence electrons. The van der Waals surface area contributed by atoms with Crippen LogP contribution < -0.4 is 0 Å². The van der Waals surface area contributed by atoms with E-state index in [2.05, 4.69) is 9.97 Å². The van der Waals surface area contributed by atoms with Gasteiger partial charge in [0.2, 0.25) is 0 Å². The molecule has 0 aliphatic carbocycles. The summed E-state index contributed by atoms with van der Waals surface area (Å²) in [5, 5.41) is 8.90. The first-order valence-corrected chi connectivity index (χ1v) is 5.20. The molecule has 0 aliphatic rings. The highest BCUT2D eigenvalue weighted by atomic mass is 16.4. The second kappa shape index (κ2) is 4.37. The number of hydrogen-bond acceptors (Lipinski definition) is 4. The van der Waals surface area contributed by atoms with Gasteiger partial charge in [0.15, 0.2) is 5.76 Å². The summed E-state index contributed by atoms with van der Waals surface area (Å²) in [6, 6.07) is 5.32. The van der Waals surface area contributed by atoms with Gasteiger partial charge in [0.25, 0.3) is 0 Å². The number of carboxylic acids is 1. The van der Waals surface area contributed by atoms with Gasteiger partial charge in [-0.3, -0.25) is 4.79 Å². The molecule has 0 saturated heterocycles. The Bertz CT molecular complexity index is 548. The number of aliphatic carboxylic acids is 1. The summed E-state index contributed by atoms with van der Waals surface area (Å²) in [5.74, 6) is 0.00280. The Morgan fingerprint density at radius 3 is 2.76 bits per heavy atom. The van der Waals surface area contributed by atoms with E-state index in [1.54, 1.807) is 19.1 Å². The van der Waals surface area contributed by atoms with Crippen molar-refractivity contribution < 1.29 is 14.3 Å². The molecule has 0 bridgehead atoms. The molecule has 0 aliphatic heterocycles. The van der Waals surface area contributed by atoms with Gasteiger partial charge in [0.05, 0.1) is 0 Å². The topological polar surface area (TPSA) is 76.2 Å². The number of hydrogen-bond donors (Lipinski definition) is 1. The van der Waals surface area contributed by atoms with Gasteiger partial charge in [-0.1, -0.05) is 0 Å². The van der Waals surface area contributed by atoms with Crippen molar-refractivity contribution in [1.82, 2.24) is 9.97 Å². The van der Waals surface area contributed by atoms with Crippen LogP contribution in [-0.4, -0.2) is 21.0 Å². The lowest BCUT2D eigenvalue weighted by Gasteiger charge is -2.05. The molecule has 0 aromatic carbocycles. The number of furan rings is 1. The Balaban J connectivity index is 2.38. The fraction of sp³-hybridized carbons (Fsp3) is 0.250. The zero-order chi connectivity index (χ0) is 12.4. The van der Waals surface area contributed by atoms with Gasteiger partial charge < -0.3 is 9.52 Å². The zero-order valence-electron chi connectivity index (χ0n) is 9.54. The van der Waals surface area contributed by atoms with Crippen molar-refractivity contribution in [1.29, 1.82) is 0 Å². The van der Waals surface area contributed by atoms with Crippen LogP contribution in [0.5, 0.6) is 0 Å². The average molecular weight is 232 g/mol. The lowest BCUT2D eigenvalue weighted by molar-refractivity contribution is -0.138. The van der Waals surface area contributed by atoms with Crippen LogP contribution in [0.3, 0.4) is 0 Å². The molecular weight excluding hydrogens is 220 g/mol. The van der Waals surface area contributed by atoms with E-state index in [0.717, 1.165) is 5.76 Å². The summed E-state index contributed by atoms with van der Waals surface area (Å²) in [4.78, 5) is 19.0. The molecule has 0 amide bonds. The lowest BCUT2D eigenvalue weighted by atomic mass is 10.1. The minimum Gasteiger partial charge on any atom is -0.481 e. The molecule has 2 rings (SSSR count). The number of carbonyl (C=O) groups is 1. The Labute approximate surface area is 98.1 Å². The quantitative estimate of drug-likeness (QED) is 0.878. The van der Waals surface area contributed by atoms with Gasteiger partial charge in [-0.15, -0.1) is 0 Å². The van der Waals surface area contributed by atoms with Crippen molar-refractivity contribution in [3.63, 3.8) is 0 Å². The summed E-state index contributed by atoms with van der Waals surface area (Å²) in [5.41, 5.74) is 0.594. The Morgan fingerprint density at radius 2 is 2.18 bits per heavy atom. The van der Waals surface area contributed by atoms with Crippen molar-refractivity contribution in [3.8, 4) is 11.5 Å². The van der Waals surface area contributed by atoms with Gasteiger partial charge in [-0.25, -0.2) is 9.97 Å². The molecule has 17 heavy (non-hydrogen) atoms. The van der Waals surface area contributed by atoms with E-state index in [-0.39, 0.29) is 5.82 Å². The van der Waals surface area contributed by atoms with Crippen molar-refractivity contribution in [2.75, 3.05) is 0 Å². The minimum absolute atomic E-state index is 0.282. The third-order valence-electron chi connectivity index (χ3n) is 2.42. The van der Waals surface area contributed by atoms with E-state index in [1.165, 1.54) is 6.20 Å². The molecule has 1 atom stereocenters. The van der Waals surface area contributed by atoms with Crippen LogP contribution in [0.2, 0.25) is 0 Å². The van der Waals surface area contributed by atoms with Gasteiger partial charge in [-0.2, -0.15) is 0 Å². The maximum absolute atomic E-state index is 10.8. The van der Waals surface area contributed by atoms with Crippen molar-refractivity contribution in [3.05, 3.63) is 36.0 Å². The number of aryl methyl sites for hydroxylation is 1. The monoisotopic (exact) mass is 232 g/mol. The molecule has 0 radical (unpaired) electrons. The van der Waals surface area contributed by atoms with E-state index in [9.17, 15) is 4.79 Å². The zero-order valence-corrected chi connectivity index (χ0v) is 9.54. The Kier molecular flexibility index (Phi) is 2.91. The highest BCUT2D eigenvalue weighted by molar-refractivity contribution is 5.74.